The van der Waals surface area contributed by atoms with E-state index in [1.54, 1.807) is 0 Å². The van der Waals surface area contributed by atoms with Crippen molar-refractivity contribution in [2.45, 2.75) is 40.5 Å². The molecule has 0 aliphatic heterocycles. The van der Waals surface area contributed by atoms with Crippen molar-refractivity contribution in [2.75, 3.05) is 13.7 Å². The Balaban J connectivity index is 3.78. The lowest BCUT2D eigenvalue weighted by molar-refractivity contribution is -0.154. The molecule has 0 rings (SSSR count). The van der Waals surface area contributed by atoms with E-state index in [0.29, 0.717) is 19.4 Å². The minimum atomic E-state index is -0.470. The SMILES string of the molecule is COC(=O)CCC(C)COC(=O)C(C)(C)C. The van der Waals surface area contributed by atoms with Crippen molar-refractivity contribution in [3.8, 4) is 0 Å². The zero-order valence-electron chi connectivity index (χ0n) is 10.8. The van der Waals surface area contributed by atoms with Gasteiger partial charge in [-0.1, -0.05) is 6.92 Å². The molecule has 0 heterocycles. The molecule has 0 aliphatic rings. The quantitative estimate of drug-likeness (QED) is 0.679. The Morgan fingerprint density at radius 1 is 1.25 bits per heavy atom. The number of carbonyl (C=O) groups is 2. The maximum atomic E-state index is 11.4. The van der Waals surface area contributed by atoms with Crippen molar-refractivity contribution in [2.24, 2.45) is 11.3 Å². The summed E-state index contributed by atoms with van der Waals surface area (Å²) in [6.45, 7) is 7.74. The maximum Gasteiger partial charge on any atom is 0.311 e. The Labute approximate surface area is 97.3 Å². The van der Waals surface area contributed by atoms with E-state index < -0.39 is 5.41 Å². The average Bonchev–Trinajstić information content (AvgIpc) is 2.20. The lowest BCUT2D eigenvalue weighted by Crippen LogP contribution is -2.25. The molecule has 1 atom stereocenters. The molecule has 0 bridgehead atoms. The normalized spacial score (nSPS) is 13.1. The van der Waals surface area contributed by atoms with Gasteiger partial charge in [0.25, 0.3) is 0 Å². The summed E-state index contributed by atoms with van der Waals surface area (Å²) in [5, 5.41) is 0. The zero-order valence-corrected chi connectivity index (χ0v) is 10.8. The van der Waals surface area contributed by atoms with E-state index in [0.717, 1.165) is 0 Å². The third-order valence-corrected chi connectivity index (χ3v) is 2.18. The van der Waals surface area contributed by atoms with Gasteiger partial charge in [0.15, 0.2) is 0 Å². The Kier molecular flexibility index (Phi) is 6.08. The lowest BCUT2D eigenvalue weighted by Gasteiger charge is -2.18. The molecule has 0 aliphatic carbocycles. The fourth-order valence-electron chi connectivity index (χ4n) is 0.984. The van der Waals surface area contributed by atoms with Gasteiger partial charge in [0, 0.05) is 6.42 Å². The highest BCUT2D eigenvalue weighted by molar-refractivity contribution is 5.75. The van der Waals surface area contributed by atoms with Crippen LogP contribution in [0, 0.1) is 11.3 Å². The largest absolute Gasteiger partial charge is 0.469 e. The first-order valence-electron chi connectivity index (χ1n) is 5.51. The minimum Gasteiger partial charge on any atom is -0.469 e. The number of ether oxygens (including phenoxy) is 2. The molecule has 4 heteroatoms. The predicted molar refractivity (Wildman–Crippen MR) is 60.8 cm³/mol. The van der Waals surface area contributed by atoms with Crippen LogP contribution in [0.1, 0.15) is 40.5 Å². The van der Waals surface area contributed by atoms with Gasteiger partial charge in [-0.15, -0.1) is 0 Å². The molecular formula is C12H22O4. The van der Waals surface area contributed by atoms with Crippen LogP contribution in [0.4, 0.5) is 0 Å². The highest BCUT2D eigenvalue weighted by Crippen LogP contribution is 2.16. The van der Waals surface area contributed by atoms with E-state index in [4.69, 9.17) is 4.74 Å². The number of hydrogen-bond acceptors (Lipinski definition) is 4. The molecule has 0 radical (unpaired) electrons. The van der Waals surface area contributed by atoms with Crippen molar-refractivity contribution in [3.05, 3.63) is 0 Å². The molecule has 0 aromatic rings. The van der Waals surface area contributed by atoms with Crippen LogP contribution in [0.5, 0.6) is 0 Å². The average molecular weight is 230 g/mol. The number of carbonyl (C=O) groups excluding carboxylic acids is 2. The molecule has 0 fully saturated rings. The highest BCUT2D eigenvalue weighted by atomic mass is 16.5. The molecule has 0 N–H and O–H groups in total. The first kappa shape index (κ1) is 14.9. The van der Waals surface area contributed by atoms with Gasteiger partial charge < -0.3 is 9.47 Å². The predicted octanol–water partition coefficient (Wildman–Crippen LogP) is 2.17. The second-order valence-corrected chi connectivity index (χ2v) is 5.07. The van der Waals surface area contributed by atoms with Gasteiger partial charge in [-0.2, -0.15) is 0 Å². The molecule has 1 unspecified atom stereocenters. The third kappa shape index (κ3) is 6.43. The molecule has 0 aromatic heterocycles. The van der Waals surface area contributed by atoms with E-state index in [-0.39, 0.29) is 17.9 Å². The van der Waals surface area contributed by atoms with E-state index in [2.05, 4.69) is 4.74 Å². The number of methoxy groups -OCH3 is 1. The lowest BCUT2D eigenvalue weighted by atomic mass is 9.97. The molecule has 4 nitrogen and oxygen atoms in total. The maximum absolute atomic E-state index is 11.4. The second-order valence-electron chi connectivity index (χ2n) is 5.07. The first-order chi connectivity index (χ1) is 7.27. The highest BCUT2D eigenvalue weighted by Gasteiger charge is 2.23. The standard InChI is InChI=1S/C12H22O4/c1-9(6-7-10(13)15-5)8-16-11(14)12(2,3)4/h9H,6-8H2,1-5H3. The molecule has 0 saturated carbocycles. The smallest absolute Gasteiger partial charge is 0.311 e. The summed E-state index contributed by atoms with van der Waals surface area (Å²) >= 11 is 0. The van der Waals surface area contributed by atoms with Gasteiger partial charge >= 0.3 is 11.9 Å². The summed E-state index contributed by atoms with van der Waals surface area (Å²) in [5.74, 6) is -0.267. The topological polar surface area (TPSA) is 52.6 Å². The van der Waals surface area contributed by atoms with Crippen LogP contribution in [0.3, 0.4) is 0 Å². The van der Waals surface area contributed by atoms with Gasteiger partial charge in [0.1, 0.15) is 0 Å². The van der Waals surface area contributed by atoms with E-state index >= 15 is 0 Å². The summed E-state index contributed by atoms with van der Waals surface area (Å²) in [6.07, 6.45) is 1.04. The van der Waals surface area contributed by atoms with E-state index in [9.17, 15) is 9.59 Å². The van der Waals surface area contributed by atoms with Crippen molar-refractivity contribution in [3.63, 3.8) is 0 Å². The van der Waals surface area contributed by atoms with Crippen LogP contribution in [0.15, 0.2) is 0 Å². The van der Waals surface area contributed by atoms with Gasteiger partial charge in [0.05, 0.1) is 19.1 Å². The van der Waals surface area contributed by atoms with Gasteiger partial charge in [-0.3, -0.25) is 9.59 Å². The molecule has 94 valence electrons. The van der Waals surface area contributed by atoms with Crippen LogP contribution in [-0.2, 0) is 19.1 Å². The monoisotopic (exact) mass is 230 g/mol. The van der Waals surface area contributed by atoms with Gasteiger partial charge in [-0.05, 0) is 33.1 Å². The summed E-state index contributed by atoms with van der Waals surface area (Å²) in [7, 11) is 1.37. The van der Waals surface area contributed by atoms with E-state index in [1.807, 2.05) is 27.7 Å². The Morgan fingerprint density at radius 3 is 2.25 bits per heavy atom. The summed E-state index contributed by atoms with van der Waals surface area (Å²) in [5.41, 5.74) is -0.470. The van der Waals surface area contributed by atoms with E-state index in [1.165, 1.54) is 7.11 Å². The van der Waals surface area contributed by atoms with Crippen LogP contribution in [0.2, 0.25) is 0 Å². The molecular weight excluding hydrogens is 208 g/mol. The van der Waals surface area contributed by atoms with Crippen LogP contribution < -0.4 is 0 Å². The van der Waals surface area contributed by atoms with Gasteiger partial charge in [0.2, 0.25) is 0 Å². The van der Waals surface area contributed by atoms with Gasteiger partial charge in [-0.25, -0.2) is 0 Å². The summed E-state index contributed by atoms with van der Waals surface area (Å²) in [4.78, 5) is 22.3. The van der Waals surface area contributed by atoms with Crippen molar-refractivity contribution < 1.29 is 19.1 Å². The number of hydrogen-bond donors (Lipinski definition) is 0. The summed E-state index contributed by atoms with van der Waals surface area (Å²) in [6, 6.07) is 0. The Hall–Kier alpha value is -1.06. The zero-order chi connectivity index (χ0) is 12.8. The first-order valence-corrected chi connectivity index (χ1v) is 5.51. The molecule has 0 saturated heterocycles. The van der Waals surface area contributed by atoms with Crippen LogP contribution in [0.25, 0.3) is 0 Å². The number of rotatable bonds is 5. The molecule has 0 spiro atoms. The molecule has 16 heavy (non-hydrogen) atoms. The van der Waals surface area contributed by atoms with Crippen molar-refractivity contribution >= 4 is 11.9 Å². The number of esters is 2. The molecule has 0 amide bonds. The van der Waals surface area contributed by atoms with Crippen molar-refractivity contribution in [1.29, 1.82) is 0 Å². The minimum absolute atomic E-state index is 0.172. The Morgan fingerprint density at radius 2 is 1.81 bits per heavy atom. The van der Waals surface area contributed by atoms with Crippen molar-refractivity contribution in [1.82, 2.24) is 0 Å². The fraction of sp³-hybridized carbons (Fsp3) is 0.833. The van der Waals surface area contributed by atoms with Crippen LogP contribution >= 0.6 is 0 Å². The molecule has 0 aromatic carbocycles. The fourth-order valence-corrected chi connectivity index (χ4v) is 0.984. The Bertz CT molecular complexity index is 240. The second kappa shape index (κ2) is 6.51. The third-order valence-electron chi connectivity index (χ3n) is 2.18. The van der Waals surface area contributed by atoms with Crippen LogP contribution in [-0.4, -0.2) is 25.7 Å². The summed E-state index contributed by atoms with van der Waals surface area (Å²) < 4.78 is 9.68.